The van der Waals surface area contributed by atoms with Crippen LogP contribution in [0.15, 0.2) is 18.2 Å². The number of aryl methyl sites for hydroxylation is 1. The molecule has 2 atom stereocenters. The molecule has 1 aromatic carbocycles. The summed E-state index contributed by atoms with van der Waals surface area (Å²) >= 11 is 0. The summed E-state index contributed by atoms with van der Waals surface area (Å²) in [5, 5.41) is 3.06. The summed E-state index contributed by atoms with van der Waals surface area (Å²) in [6.45, 7) is 3.99. The molecule has 0 spiro atoms. The number of rotatable bonds is 2. The maximum Gasteiger partial charge on any atom is 0.251 e. The van der Waals surface area contributed by atoms with E-state index in [9.17, 15) is 9.18 Å². The fourth-order valence-electron chi connectivity index (χ4n) is 2.71. The zero-order chi connectivity index (χ0) is 13.1. The SMILES string of the molecule is Cc1cc(F)ccc1C(=O)NC1CCCC(C)C1. The molecule has 1 amide bonds. The summed E-state index contributed by atoms with van der Waals surface area (Å²) < 4.78 is 13.0. The normalized spacial score (nSPS) is 23.7. The molecule has 18 heavy (non-hydrogen) atoms. The van der Waals surface area contributed by atoms with E-state index in [-0.39, 0.29) is 17.8 Å². The highest BCUT2D eigenvalue weighted by atomic mass is 19.1. The van der Waals surface area contributed by atoms with Crippen molar-refractivity contribution in [3.63, 3.8) is 0 Å². The first kappa shape index (κ1) is 13.1. The van der Waals surface area contributed by atoms with Crippen LogP contribution in [0.25, 0.3) is 0 Å². The number of nitrogens with one attached hydrogen (secondary N) is 1. The highest BCUT2D eigenvalue weighted by Crippen LogP contribution is 2.24. The number of amides is 1. The van der Waals surface area contributed by atoms with E-state index in [4.69, 9.17) is 0 Å². The fraction of sp³-hybridized carbons (Fsp3) is 0.533. The Labute approximate surface area is 108 Å². The quantitative estimate of drug-likeness (QED) is 0.854. The Morgan fingerprint density at radius 3 is 2.83 bits per heavy atom. The predicted molar refractivity (Wildman–Crippen MR) is 70.0 cm³/mol. The van der Waals surface area contributed by atoms with Gasteiger partial charge in [0.1, 0.15) is 5.82 Å². The molecule has 2 unspecified atom stereocenters. The van der Waals surface area contributed by atoms with E-state index in [1.54, 1.807) is 13.0 Å². The summed E-state index contributed by atoms with van der Waals surface area (Å²) in [5.41, 5.74) is 1.27. The van der Waals surface area contributed by atoms with Crippen LogP contribution in [0.4, 0.5) is 4.39 Å². The maximum absolute atomic E-state index is 13.0. The van der Waals surface area contributed by atoms with Gasteiger partial charge in [-0.1, -0.05) is 19.8 Å². The number of hydrogen-bond donors (Lipinski definition) is 1. The zero-order valence-electron chi connectivity index (χ0n) is 11.0. The van der Waals surface area contributed by atoms with Crippen LogP contribution in [0, 0.1) is 18.7 Å². The second-order valence-electron chi connectivity index (χ2n) is 5.40. The molecule has 1 fully saturated rings. The molecular formula is C15H20FNO. The van der Waals surface area contributed by atoms with E-state index >= 15 is 0 Å². The Kier molecular flexibility index (Phi) is 4.00. The van der Waals surface area contributed by atoms with E-state index in [0.717, 1.165) is 12.8 Å². The van der Waals surface area contributed by atoms with E-state index in [1.807, 2.05) is 0 Å². The highest BCUT2D eigenvalue weighted by molar-refractivity contribution is 5.95. The molecule has 1 N–H and O–H groups in total. The first-order valence-corrected chi connectivity index (χ1v) is 6.63. The average Bonchev–Trinajstić information content (AvgIpc) is 2.28. The first-order chi connectivity index (χ1) is 8.56. The van der Waals surface area contributed by atoms with E-state index in [2.05, 4.69) is 12.2 Å². The Morgan fingerprint density at radius 1 is 1.39 bits per heavy atom. The highest BCUT2D eigenvalue weighted by Gasteiger charge is 2.21. The first-order valence-electron chi connectivity index (χ1n) is 6.63. The van der Waals surface area contributed by atoms with Crippen LogP contribution in [0.2, 0.25) is 0 Å². The second kappa shape index (κ2) is 5.51. The van der Waals surface area contributed by atoms with E-state index in [0.29, 0.717) is 17.0 Å². The molecule has 1 aliphatic rings. The third-order valence-electron chi connectivity index (χ3n) is 3.70. The lowest BCUT2D eigenvalue weighted by Crippen LogP contribution is -2.38. The minimum absolute atomic E-state index is 0.0772. The Bertz CT molecular complexity index is 444. The molecule has 0 aliphatic heterocycles. The molecule has 0 aromatic heterocycles. The second-order valence-corrected chi connectivity index (χ2v) is 5.40. The summed E-state index contributed by atoms with van der Waals surface area (Å²) in [7, 11) is 0. The third-order valence-corrected chi connectivity index (χ3v) is 3.70. The van der Waals surface area contributed by atoms with Crippen molar-refractivity contribution in [2.24, 2.45) is 5.92 Å². The summed E-state index contributed by atoms with van der Waals surface area (Å²) in [5.74, 6) is 0.306. The molecule has 98 valence electrons. The van der Waals surface area contributed by atoms with Crippen LogP contribution < -0.4 is 5.32 Å². The van der Waals surface area contributed by atoms with Gasteiger partial charge in [-0.15, -0.1) is 0 Å². The standard InChI is InChI=1S/C15H20FNO/c1-10-4-3-5-13(8-10)17-15(18)14-7-6-12(16)9-11(14)2/h6-7,9-10,13H,3-5,8H2,1-2H3,(H,17,18). The van der Waals surface area contributed by atoms with Gasteiger partial charge in [0.15, 0.2) is 0 Å². The Morgan fingerprint density at radius 2 is 2.17 bits per heavy atom. The molecule has 1 aromatic rings. The van der Waals surface area contributed by atoms with Crippen molar-refractivity contribution < 1.29 is 9.18 Å². The lowest BCUT2D eigenvalue weighted by atomic mass is 9.87. The van der Waals surface area contributed by atoms with Crippen molar-refractivity contribution in [1.29, 1.82) is 0 Å². The average molecular weight is 249 g/mol. The van der Waals surface area contributed by atoms with Crippen molar-refractivity contribution >= 4 is 5.91 Å². The molecule has 1 saturated carbocycles. The van der Waals surface area contributed by atoms with Gasteiger partial charge in [0, 0.05) is 11.6 Å². The van der Waals surface area contributed by atoms with Crippen LogP contribution in [0.5, 0.6) is 0 Å². The Balaban J connectivity index is 2.03. The van der Waals surface area contributed by atoms with Gasteiger partial charge in [0.2, 0.25) is 0 Å². The zero-order valence-corrected chi connectivity index (χ0v) is 11.0. The summed E-state index contributed by atoms with van der Waals surface area (Å²) in [6.07, 6.45) is 4.53. The largest absolute Gasteiger partial charge is 0.349 e. The van der Waals surface area contributed by atoms with Crippen molar-refractivity contribution in [1.82, 2.24) is 5.32 Å². The summed E-state index contributed by atoms with van der Waals surface area (Å²) in [6, 6.07) is 4.57. The van der Waals surface area contributed by atoms with Crippen LogP contribution in [0.3, 0.4) is 0 Å². The van der Waals surface area contributed by atoms with Gasteiger partial charge in [0.25, 0.3) is 5.91 Å². The lowest BCUT2D eigenvalue weighted by molar-refractivity contribution is 0.0920. The Hall–Kier alpha value is -1.38. The van der Waals surface area contributed by atoms with E-state index < -0.39 is 0 Å². The molecule has 0 saturated heterocycles. The van der Waals surface area contributed by atoms with Crippen molar-refractivity contribution in [3.05, 3.63) is 35.1 Å². The van der Waals surface area contributed by atoms with Gasteiger partial charge in [0.05, 0.1) is 0 Å². The molecule has 0 bridgehead atoms. The smallest absolute Gasteiger partial charge is 0.251 e. The topological polar surface area (TPSA) is 29.1 Å². The van der Waals surface area contributed by atoms with Crippen LogP contribution in [-0.4, -0.2) is 11.9 Å². The van der Waals surface area contributed by atoms with Crippen molar-refractivity contribution in [2.75, 3.05) is 0 Å². The maximum atomic E-state index is 13.0. The van der Waals surface area contributed by atoms with Gasteiger partial charge in [-0.25, -0.2) is 4.39 Å². The molecule has 2 rings (SSSR count). The number of hydrogen-bond acceptors (Lipinski definition) is 1. The molecule has 0 heterocycles. The minimum Gasteiger partial charge on any atom is -0.349 e. The van der Waals surface area contributed by atoms with Crippen LogP contribution in [0.1, 0.15) is 48.5 Å². The van der Waals surface area contributed by atoms with Gasteiger partial charge < -0.3 is 5.32 Å². The van der Waals surface area contributed by atoms with Crippen LogP contribution in [-0.2, 0) is 0 Å². The third kappa shape index (κ3) is 3.09. The number of carbonyl (C=O) groups excluding carboxylic acids is 1. The predicted octanol–water partition coefficient (Wildman–Crippen LogP) is 3.44. The lowest BCUT2D eigenvalue weighted by Gasteiger charge is -2.27. The molecule has 3 heteroatoms. The van der Waals surface area contributed by atoms with Gasteiger partial charge in [-0.2, -0.15) is 0 Å². The van der Waals surface area contributed by atoms with Crippen LogP contribution >= 0.6 is 0 Å². The van der Waals surface area contributed by atoms with Gasteiger partial charge in [-0.05, 0) is 49.4 Å². The summed E-state index contributed by atoms with van der Waals surface area (Å²) in [4.78, 5) is 12.1. The molecule has 0 radical (unpaired) electrons. The van der Waals surface area contributed by atoms with Crippen molar-refractivity contribution in [3.8, 4) is 0 Å². The number of benzene rings is 1. The molecular weight excluding hydrogens is 229 g/mol. The van der Waals surface area contributed by atoms with Gasteiger partial charge >= 0.3 is 0 Å². The monoisotopic (exact) mass is 249 g/mol. The van der Waals surface area contributed by atoms with Crippen molar-refractivity contribution in [2.45, 2.75) is 45.6 Å². The van der Waals surface area contributed by atoms with Gasteiger partial charge in [-0.3, -0.25) is 4.79 Å². The van der Waals surface area contributed by atoms with E-state index in [1.165, 1.54) is 25.0 Å². The number of carbonyl (C=O) groups is 1. The molecule has 1 aliphatic carbocycles. The minimum atomic E-state index is -0.296. The molecule has 2 nitrogen and oxygen atoms in total. The number of halogens is 1. The fourth-order valence-corrected chi connectivity index (χ4v) is 2.71.